The number of nitrogens with zero attached hydrogens (tertiary/aromatic N) is 2. The maximum absolute atomic E-state index is 13.7. The van der Waals surface area contributed by atoms with Gasteiger partial charge in [-0.05, 0) is 36.4 Å². The van der Waals surface area contributed by atoms with E-state index >= 15 is 0 Å². The molecule has 0 fully saturated rings. The molecule has 8 nitrogen and oxygen atoms in total. The van der Waals surface area contributed by atoms with Gasteiger partial charge in [0.2, 0.25) is 26.0 Å². The predicted octanol–water partition coefficient (Wildman–Crippen LogP) is 1.62. The fourth-order valence-electron chi connectivity index (χ4n) is 2.31. The van der Waals surface area contributed by atoms with Crippen molar-refractivity contribution in [3.05, 3.63) is 54.1 Å². The van der Waals surface area contributed by atoms with Gasteiger partial charge in [0.1, 0.15) is 18.2 Å². The topological polar surface area (TPSA) is 104 Å². The van der Waals surface area contributed by atoms with Gasteiger partial charge in [0.15, 0.2) is 0 Å². The molecule has 0 atom stereocenters. The normalized spacial score (nSPS) is 12.1. The third-order valence-corrected chi connectivity index (χ3v) is 6.77. The van der Waals surface area contributed by atoms with E-state index in [4.69, 9.17) is 0 Å². The van der Waals surface area contributed by atoms with Gasteiger partial charge in [0, 0.05) is 20.2 Å². The minimum absolute atomic E-state index is 0.0416. The number of rotatable bonds is 7. The molecule has 0 aliphatic rings. The van der Waals surface area contributed by atoms with Gasteiger partial charge in [0.25, 0.3) is 0 Å². The highest BCUT2D eigenvalue weighted by Crippen LogP contribution is 2.22. The molecule has 0 radical (unpaired) electrons. The van der Waals surface area contributed by atoms with Crippen LogP contribution in [0.15, 0.2) is 47.4 Å². The van der Waals surface area contributed by atoms with Crippen molar-refractivity contribution < 1.29 is 30.4 Å². The zero-order chi connectivity index (χ0) is 22.0. The van der Waals surface area contributed by atoms with E-state index < -0.39 is 44.1 Å². The highest BCUT2D eigenvalue weighted by Gasteiger charge is 2.23. The Bertz CT molecular complexity index is 1120. The number of amides is 1. The summed E-state index contributed by atoms with van der Waals surface area (Å²) < 4.78 is 76.8. The third kappa shape index (κ3) is 5.49. The van der Waals surface area contributed by atoms with Gasteiger partial charge in [-0.3, -0.25) is 9.10 Å². The maximum atomic E-state index is 13.7. The maximum Gasteiger partial charge on any atom is 0.245 e. The quantitative estimate of drug-likeness (QED) is 0.695. The molecule has 1 amide bonds. The van der Waals surface area contributed by atoms with Crippen LogP contribution in [-0.2, 0) is 24.8 Å². The number of anilines is 2. The second-order valence-corrected chi connectivity index (χ2v) is 10.3. The van der Waals surface area contributed by atoms with Crippen molar-refractivity contribution in [3.8, 4) is 0 Å². The first-order valence-electron chi connectivity index (χ1n) is 8.07. The third-order valence-electron chi connectivity index (χ3n) is 3.80. The number of benzene rings is 2. The number of carbonyl (C=O) groups excluding carboxylic acids is 1. The number of sulfonamides is 2. The van der Waals surface area contributed by atoms with Crippen LogP contribution in [0.4, 0.5) is 20.2 Å². The molecule has 12 heteroatoms. The van der Waals surface area contributed by atoms with Crippen LogP contribution in [0.2, 0.25) is 0 Å². The Balaban J connectivity index is 2.27. The molecule has 0 aliphatic heterocycles. The van der Waals surface area contributed by atoms with Crippen LogP contribution in [0.1, 0.15) is 0 Å². The van der Waals surface area contributed by atoms with Crippen LogP contribution < -0.4 is 9.62 Å². The van der Waals surface area contributed by atoms with Gasteiger partial charge in [-0.1, -0.05) is 0 Å². The lowest BCUT2D eigenvalue weighted by molar-refractivity contribution is -0.114. The van der Waals surface area contributed by atoms with Crippen molar-refractivity contribution in [2.75, 3.05) is 36.5 Å². The van der Waals surface area contributed by atoms with Crippen molar-refractivity contribution in [1.29, 1.82) is 0 Å². The Morgan fingerprint density at radius 2 is 1.59 bits per heavy atom. The lowest BCUT2D eigenvalue weighted by Crippen LogP contribution is -2.37. The minimum atomic E-state index is -3.93. The molecular formula is C17H19F2N3O5S2. The summed E-state index contributed by atoms with van der Waals surface area (Å²) in [6.07, 6.45) is 0.864. The van der Waals surface area contributed by atoms with E-state index in [2.05, 4.69) is 5.32 Å². The van der Waals surface area contributed by atoms with Gasteiger partial charge >= 0.3 is 0 Å². The van der Waals surface area contributed by atoms with Crippen molar-refractivity contribution in [2.24, 2.45) is 0 Å². The molecule has 0 bridgehead atoms. The summed E-state index contributed by atoms with van der Waals surface area (Å²) in [5.41, 5.74) is -0.266. The zero-order valence-corrected chi connectivity index (χ0v) is 17.4. The Hall–Kier alpha value is -2.57. The van der Waals surface area contributed by atoms with Crippen LogP contribution in [0.5, 0.6) is 0 Å². The SMILES string of the molecule is CN(C)S(=O)(=O)c1ccc(N(CC(=O)Nc2ccc(F)cc2F)S(C)(=O)=O)cc1. The summed E-state index contributed by atoms with van der Waals surface area (Å²) in [4.78, 5) is 12.2. The molecule has 2 aromatic carbocycles. The molecule has 0 unspecified atom stereocenters. The van der Waals surface area contributed by atoms with Crippen LogP contribution in [0.25, 0.3) is 0 Å². The molecule has 1 N–H and O–H groups in total. The van der Waals surface area contributed by atoms with Crippen LogP contribution in [0.3, 0.4) is 0 Å². The summed E-state index contributed by atoms with van der Waals surface area (Å²) in [6, 6.07) is 7.42. The zero-order valence-electron chi connectivity index (χ0n) is 15.8. The van der Waals surface area contributed by atoms with E-state index in [0.717, 1.165) is 27.0 Å². The van der Waals surface area contributed by atoms with E-state index in [1.807, 2.05) is 0 Å². The molecule has 0 saturated carbocycles. The highest BCUT2D eigenvalue weighted by atomic mass is 32.2. The summed E-state index contributed by atoms with van der Waals surface area (Å²) in [6.45, 7) is -0.699. The highest BCUT2D eigenvalue weighted by molar-refractivity contribution is 7.92. The first-order chi connectivity index (χ1) is 13.3. The molecule has 0 saturated heterocycles. The molecule has 0 heterocycles. The van der Waals surface area contributed by atoms with Crippen LogP contribution >= 0.6 is 0 Å². The fraction of sp³-hybridized carbons (Fsp3) is 0.235. The van der Waals surface area contributed by atoms with E-state index in [1.54, 1.807) is 0 Å². The summed E-state index contributed by atoms with van der Waals surface area (Å²) >= 11 is 0. The van der Waals surface area contributed by atoms with E-state index in [-0.39, 0.29) is 16.3 Å². The molecular weight excluding hydrogens is 428 g/mol. The molecule has 0 aromatic heterocycles. The average Bonchev–Trinajstić information content (AvgIpc) is 2.61. The van der Waals surface area contributed by atoms with Gasteiger partial charge in [0.05, 0.1) is 22.5 Å². The number of carbonyl (C=O) groups is 1. The molecule has 158 valence electrons. The van der Waals surface area contributed by atoms with Gasteiger partial charge in [-0.15, -0.1) is 0 Å². The Morgan fingerprint density at radius 3 is 2.07 bits per heavy atom. The molecule has 0 aliphatic carbocycles. The van der Waals surface area contributed by atoms with Crippen LogP contribution in [0, 0.1) is 11.6 Å². The van der Waals surface area contributed by atoms with E-state index in [0.29, 0.717) is 6.07 Å². The molecule has 29 heavy (non-hydrogen) atoms. The second kappa shape index (κ2) is 8.43. The van der Waals surface area contributed by atoms with Crippen molar-refractivity contribution in [2.45, 2.75) is 4.90 Å². The van der Waals surface area contributed by atoms with E-state index in [1.165, 1.54) is 38.4 Å². The largest absolute Gasteiger partial charge is 0.322 e. The smallest absolute Gasteiger partial charge is 0.245 e. The fourth-order valence-corrected chi connectivity index (χ4v) is 4.06. The van der Waals surface area contributed by atoms with Gasteiger partial charge in [-0.2, -0.15) is 0 Å². The Morgan fingerprint density at radius 1 is 1.00 bits per heavy atom. The number of hydrogen-bond donors (Lipinski definition) is 1. The van der Waals surface area contributed by atoms with Crippen molar-refractivity contribution >= 4 is 37.3 Å². The molecule has 2 aromatic rings. The second-order valence-electron chi connectivity index (χ2n) is 6.22. The predicted molar refractivity (Wildman–Crippen MR) is 104 cm³/mol. The van der Waals surface area contributed by atoms with Gasteiger partial charge < -0.3 is 5.32 Å². The van der Waals surface area contributed by atoms with Crippen LogP contribution in [-0.4, -0.2) is 53.9 Å². The summed E-state index contributed by atoms with van der Waals surface area (Å²) in [5.74, 6) is -2.71. The number of nitrogens with one attached hydrogen (secondary N) is 1. The summed E-state index contributed by atoms with van der Waals surface area (Å²) in [5, 5.41) is 2.17. The average molecular weight is 447 g/mol. The van der Waals surface area contributed by atoms with E-state index in [9.17, 15) is 30.4 Å². The standard InChI is InChI=1S/C17H19F2N3O5S2/c1-21(2)29(26,27)14-7-5-13(6-8-14)22(28(3,24)25)11-17(23)20-16-9-4-12(18)10-15(16)19/h4-10H,11H2,1-3H3,(H,20,23). The number of halogens is 2. The lowest BCUT2D eigenvalue weighted by atomic mass is 10.3. The molecule has 0 spiro atoms. The Labute approximate surface area is 167 Å². The summed E-state index contributed by atoms with van der Waals surface area (Å²) in [7, 11) is -4.94. The Kier molecular flexibility index (Phi) is 6.60. The lowest BCUT2D eigenvalue weighted by Gasteiger charge is -2.22. The monoisotopic (exact) mass is 447 g/mol. The number of hydrogen-bond acceptors (Lipinski definition) is 5. The minimum Gasteiger partial charge on any atom is -0.322 e. The first kappa shape index (κ1) is 22.7. The first-order valence-corrected chi connectivity index (χ1v) is 11.4. The van der Waals surface area contributed by atoms with Crippen molar-refractivity contribution in [1.82, 2.24) is 4.31 Å². The van der Waals surface area contributed by atoms with Gasteiger partial charge in [-0.25, -0.2) is 29.9 Å². The van der Waals surface area contributed by atoms with Crippen molar-refractivity contribution in [3.63, 3.8) is 0 Å². The molecule has 2 rings (SSSR count).